The van der Waals surface area contributed by atoms with Crippen LogP contribution in [0.25, 0.3) is 0 Å². The number of benzene rings is 1. The number of nitrogens with one attached hydrogen (secondary N) is 1. The van der Waals surface area contributed by atoms with Crippen molar-refractivity contribution in [2.24, 2.45) is 0 Å². The van der Waals surface area contributed by atoms with Crippen molar-refractivity contribution >= 4 is 5.82 Å². The number of hydrogen-bond donors (Lipinski definition) is 1. The van der Waals surface area contributed by atoms with Crippen LogP contribution in [0.15, 0.2) is 36.7 Å². The fourth-order valence-electron chi connectivity index (χ4n) is 2.02. The second-order valence-corrected chi connectivity index (χ2v) is 4.99. The molecule has 0 atom stereocenters. The summed E-state index contributed by atoms with van der Waals surface area (Å²) < 4.78 is 13.7. The Bertz CT molecular complexity index is 574. The van der Waals surface area contributed by atoms with Gasteiger partial charge in [-0.2, -0.15) is 0 Å². The first-order chi connectivity index (χ1) is 10.2. The minimum absolute atomic E-state index is 0.196. The van der Waals surface area contributed by atoms with Gasteiger partial charge in [0, 0.05) is 31.9 Å². The normalized spacial score (nSPS) is 10.6. The third-order valence-corrected chi connectivity index (χ3v) is 3.16. The van der Waals surface area contributed by atoms with Gasteiger partial charge >= 0.3 is 0 Å². The summed E-state index contributed by atoms with van der Waals surface area (Å²) in [6.45, 7) is 4.24. The number of halogens is 1. The summed E-state index contributed by atoms with van der Waals surface area (Å²) in [7, 11) is 1.89. The summed E-state index contributed by atoms with van der Waals surface area (Å²) in [6.07, 6.45) is 4.54. The molecule has 112 valence electrons. The minimum Gasteiger partial charge on any atom is -0.354 e. The number of aromatic nitrogens is 2. The zero-order valence-electron chi connectivity index (χ0n) is 12.5. The second kappa shape index (κ2) is 7.69. The van der Waals surface area contributed by atoms with Gasteiger partial charge in [0.05, 0.1) is 11.9 Å². The van der Waals surface area contributed by atoms with Gasteiger partial charge in [-0.1, -0.05) is 25.1 Å². The van der Waals surface area contributed by atoms with Crippen LogP contribution in [0.4, 0.5) is 10.2 Å². The van der Waals surface area contributed by atoms with E-state index >= 15 is 0 Å². The summed E-state index contributed by atoms with van der Waals surface area (Å²) in [5.74, 6) is 0.548. The quantitative estimate of drug-likeness (QED) is 0.795. The first-order valence-corrected chi connectivity index (χ1v) is 7.17. The molecular weight excluding hydrogens is 267 g/mol. The van der Waals surface area contributed by atoms with Crippen molar-refractivity contribution in [1.29, 1.82) is 0 Å². The minimum atomic E-state index is -0.196. The first-order valence-electron chi connectivity index (χ1n) is 7.17. The highest BCUT2D eigenvalue weighted by Gasteiger charge is 2.08. The molecule has 1 aromatic carbocycles. The molecule has 0 bridgehead atoms. The third kappa shape index (κ3) is 4.49. The van der Waals surface area contributed by atoms with Gasteiger partial charge in [0.25, 0.3) is 0 Å². The molecule has 0 aliphatic heterocycles. The van der Waals surface area contributed by atoms with Crippen molar-refractivity contribution in [3.05, 3.63) is 53.7 Å². The largest absolute Gasteiger partial charge is 0.354 e. The second-order valence-electron chi connectivity index (χ2n) is 4.99. The van der Waals surface area contributed by atoms with E-state index in [9.17, 15) is 4.39 Å². The molecule has 0 saturated carbocycles. The third-order valence-electron chi connectivity index (χ3n) is 3.16. The van der Waals surface area contributed by atoms with Crippen LogP contribution in [-0.2, 0) is 13.1 Å². The predicted octanol–water partition coefficient (Wildman–Crippen LogP) is 2.75. The Morgan fingerprint density at radius 1 is 1.24 bits per heavy atom. The molecule has 1 heterocycles. The molecule has 1 aromatic heterocycles. The van der Waals surface area contributed by atoms with E-state index in [2.05, 4.69) is 22.2 Å². The van der Waals surface area contributed by atoms with Crippen molar-refractivity contribution in [3.8, 4) is 0 Å². The van der Waals surface area contributed by atoms with Crippen molar-refractivity contribution in [3.63, 3.8) is 0 Å². The summed E-state index contributed by atoms with van der Waals surface area (Å²) >= 11 is 0. The lowest BCUT2D eigenvalue weighted by molar-refractivity contribution is 0.607. The van der Waals surface area contributed by atoms with Gasteiger partial charge in [-0.05, 0) is 19.0 Å². The lowest BCUT2D eigenvalue weighted by Crippen LogP contribution is -2.20. The van der Waals surface area contributed by atoms with E-state index < -0.39 is 0 Å². The van der Waals surface area contributed by atoms with E-state index in [1.165, 1.54) is 6.07 Å². The zero-order valence-corrected chi connectivity index (χ0v) is 12.5. The monoisotopic (exact) mass is 288 g/mol. The number of anilines is 1. The van der Waals surface area contributed by atoms with Crippen LogP contribution >= 0.6 is 0 Å². The first kappa shape index (κ1) is 15.4. The van der Waals surface area contributed by atoms with E-state index in [0.29, 0.717) is 18.7 Å². The van der Waals surface area contributed by atoms with E-state index in [1.54, 1.807) is 24.5 Å². The number of hydrogen-bond acceptors (Lipinski definition) is 4. The average molecular weight is 288 g/mol. The average Bonchev–Trinajstić information content (AvgIpc) is 2.50. The summed E-state index contributed by atoms with van der Waals surface area (Å²) in [6, 6.07) is 6.79. The molecule has 0 unspecified atom stereocenters. The maximum Gasteiger partial charge on any atom is 0.147 e. The highest BCUT2D eigenvalue weighted by molar-refractivity contribution is 5.37. The molecule has 4 nitrogen and oxygen atoms in total. The molecule has 2 aromatic rings. The van der Waals surface area contributed by atoms with Gasteiger partial charge in [-0.25, -0.2) is 9.37 Å². The van der Waals surface area contributed by atoms with Crippen molar-refractivity contribution < 1.29 is 4.39 Å². The Hall–Kier alpha value is -2.01. The molecule has 2 rings (SSSR count). The molecule has 0 saturated heterocycles. The Morgan fingerprint density at radius 3 is 2.81 bits per heavy atom. The van der Waals surface area contributed by atoms with Crippen LogP contribution in [0.3, 0.4) is 0 Å². The van der Waals surface area contributed by atoms with Crippen molar-refractivity contribution in [2.45, 2.75) is 26.4 Å². The fraction of sp³-hybridized carbons (Fsp3) is 0.375. The van der Waals surface area contributed by atoms with Gasteiger partial charge in [0.2, 0.25) is 0 Å². The van der Waals surface area contributed by atoms with Crippen LogP contribution in [0.5, 0.6) is 0 Å². The molecule has 1 N–H and O–H groups in total. The lowest BCUT2D eigenvalue weighted by atomic mass is 10.2. The summed E-state index contributed by atoms with van der Waals surface area (Å²) in [4.78, 5) is 10.7. The van der Waals surface area contributed by atoms with Crippen LogP contribution < -0.4 is 10.2 Å². The molecule has 0 aliphatic rings. The van der Waals surface area contributed by atoms with Gasteiger partial charge in [-0.3, -0.25) is 4.98 Å². The molecule has 0 radical (unpaired) electrons. The highest BCUT2D eigenvalue weighted by Crippen LogP contribution is 2.14. The highest BCUT2D eigenvalue weighted by atomic mass is 19.1. The van der Waals surface area contributed by atoms with Crippen LogP contribution in [0.1, 0.15) is 24.6 Å². The van der Waals surface area contributed by atoms with Gasteiger partial charge in [0.1, 0.15) is 11.6 Å². The summed E-state index contributed by atoms with van der Waals surface area (Å²) in [5.41, 5.74) is 1.54. The van der Waals surface area contributed by atoms with Crippen LogP contribution in [0, 0.1) is 5.82 Å². The molecule has 0 fully saturated rings. The van der Waals surface area contributed by atoms with Gasteiger partial charge in [0.15, 0.2) is 0 Å². The Morgan fingerprint density at radius 2 is 2.05 bits per heavy atom. The van der Waals surface area contributed by atoms with E-state index in [-0.39, 0.29) is 5.82 Å². The van der Waals surface area contributed by atoms with Gasteiger partial charge in [-0.15, -0.1) is 0 Å². The smallest absolute Gasteiger partial charge is 0.147 e. The molecule has 0 amide bonds. The van der Waals surface area contributed by atoms with Crippen LogP contribution in [0.2, 0.25) is 0 Å². The van der Waals surface area contributed by atoms with Crippen molar-refractivity contribution in [1.82, 2.24) is 15.3 Å². The van der Waals surface area contributed by atoms with Gasteiger partial charge < -0.3 is 10.2 Å². The fourth-order valence-corrected chi connectivity index (χ4v) is 2.02. The van der Waals surface area contributed by atoms with E-state index in [0.717, 1.165) is 24.5 Å². The molecular formula is C16H21FN4. The molecule has 0 aliphatic carbocycles. The standard InChI is InChI=1S/C16H21FN4/c1-3-8-18-9-14-10-19-11-16(20-14)21(2)12-13-6-4-5-7-15(13)17/h4-7,10-11,18H,3,8-9,12H2,1-2H3. The molecule has 5 heteroatoms. The Balaban J connectivity index is 2.03. The maximum absolute atomic E-state index is 13.7. The Kier molecular flexibility index (Phi) is 5.63. The van der Waals surface area contributed by atoms with E-state index in [1.807, 2.05) is 18.0 Å². The van der Waals surface area contributed by atoms with E-state index in [4.69, 9.17) is 0 Å². The SMILES string of the molecule is CCCNCc1cncc(N(C)Cc2ccccc2F)n1. The number of rotatable bonds is 7. The number of nitrogens with zero attached hydrogens (tertiary/aromatic N) is 3. The topological polar surface area (TPSA) is 41.1 Å². The zero-order chi connectivity index (χ0) is 15.1. The molecule has 0 spiro atoms. The Labute approximate surface area is 125 Å². The van der Waals surface area contributed by atoms with Crippen LogP contribution in [-0.4, -0.2) is 23.6 Å². The maximum atomic E-state index is 13.7. The lowest BCUT2D eigenvalue weighted by Gasteiger charge is -2.18. The summed E-state index contributed by atoms with van der Waals surface area (Å²) in [5, 5.41) is 3.30. The molecule has 21 heavy (non-hydrogen) atoms. The predicted molar refractivity (Wildman–Crippen MR) is 82.5 cm³/mol. The van der Waals surface area contributed by atoms with Crippen molar-refractivity contribution in [2.75, 3.05) is 18.5 Å².